The number of hydrogen-bond acceptors (Lipinski definition) is 2. The fourth-order valence-electron chi connectivity index (χ4n) is 1.74. The van der Waals surface area contributed by atoms with Gasteiger partial charge in [0.1, 0.15) is 5.82 Å². The van der Waals surface area contributed by atoms with Crippen molar-refractivity contribution in [3.05, 3.63) is 58.4 Å². The second kappa shape index (κ2) is 5.72. The number of halogens is 2. The van der Waals surface area contributed by atoms with Crippen molar-refractivity contribution in [1.29, 1.82) is 0 Å². The number of hydrogen-bond donors (Lipinski definition) is 1. The van der Waals surface area contributed by atoms with Crippen LogP contribution in [0.1, 0.15) is 11.1 Å². The molecule has 2 aromatic rings. The van der Waals surface area contributed by atoms with Gasteiger partial charge in [0.25, 0.3) is 0 Å². The first-order valence-corrected chi connectivity index (χ1v) is 7.35. The third-order valence-corrected chi connectivity index (χ3v) is 4.64. The van der Waals surface area contributed by atoms with Crippen molar-refractivity contribution in [2.24, 2.45) is 0 Å². The third-order valence-electron chi connectivity index (χ3n) is 2.79. The number of aryl methyl sites for hydroxylation is 1. The van der Waals surface area contributed by atoms with Gasteiger partial charge in [-0.2, -0.15) is 0 Å². The fourth-order valence-corrected chi connectivity index (χ4v) is 3.45. The molecular weight excluding hydrogens is 285 g/mol. The molecule has 5 heteroatoms. The maximum Gasteiger partial charge on any atom is 0.123 e. The molecule has 0 saturated carbocycles. The van der Waals surface area contributed by atoms with Gasteiger partial charge in [0.05, 0.1) is 26.5 Å². The van der Waals surface area contributed by atoms with E-state index in [0.29, 0.717) is 21.4 Å². The number of rotatable bonds is 3. The lowest BCUT2D eigenvalue weighted by atomic mass is 10.1. The minimum absolute atomic E-state index is 0.294. The molecule has 0 aliphatic carbocycles. The van der Waals surface area contributed by atoms with Crippen LogP contribution in [0.2, 0.25) is 5.02 Å². The van der Waals surface area contributed by atoms with Crippen LogP contribution in [0.3, 0.4) is 0 Å². The Morgan fingerprint density at radius 1 is 1.26 bits per heavy atom. The first-order valence-electron chi connectivity index (χ1n) is 5.66. The molecule has 0 bridgehead atoms. The number of nitrogens with two attached hydrogens (primary N) is 1. The lowest BCUT2D eigenvalue weighted by Gasteiger charge is -2.08. The van der Waals surface area contributed by atoms with Gasteiger partial charge in [0.15, 0.2) is 0 Å². The van der Waals surface area contributed by atoms with Crippen molar-refractivity contribution in [3.63, 3.8) is 0 Å². The van der Waals surface area contributed by atoms with Crippen molar-refractivity contribution in [2.75, 3.05) is 5.73 Å². The molecule has 2 nitrogen and oxygen atoms in total. The van der Waals surface area contributed by atoms with E-state index in [0.717, 1.165) is 11.1 Å². The molecule has 0 aromatic heterocycles. The van der Waals surface area contributed by atoms with Gasteiger partial charge >= 0.3 is 0 Å². The maximum atomic E-state index is 13.0. The SMILES string of the molecule is Cc1cc(F)ccc1CS(=O)c1ccc(N)cc1Cl. The van der Waals surface area contributed by atoms with E-state index >= 15 is 0 Å². The molecular formula is C14H13ClFNOS. The lowest BCUT2D eigenvalue weighted by molar-refractivity contribution is 0.626. The molecule has 0 aliphatic heterocycles. The van der Waals surface area contributed by atoms with E-state index < -0.39 is 10.8 Å². The van der Waals surface area contributed by atoms with Crippen LogP contribution < -0.4 is 5.73 Å². The average molecular weight is 298 g/mol. The van der Waals surface area contributed by atoms with Gasteiger partial charge in [-0.3, -0.25) is 4.21 Å². The quantitative estimate of drug-likeness (QED) is 0.878. The fraction of sp³-hybridized carbons (Fsp3) is 0.143. The average Bonchev–Trinajstić information content (AvgIpc) is 2.32. The third kappa shape index (κ3) is 3.33. The number of benzene rings is 2. The van der Waals surface area contributed by atoms with Gasteiger partial charge in [0.2, 0.25) is 0 Å². The Kier molecular flexibility index (Phi) is 4.22. The standard InChI is InChI=1S/C14H13ClFNOS/c1-9-6-11(16)3-2-10(9)8-19(18)14-5-4-12(17)7-13(14)15/h2-7H,8,17H2,1H3. The van der Waals surface area contributed by atoms with Crippen LogP contribution in [0.4, 0.5) is 10.1 Å². The van der Waals surface area contributed by atoms with Crippen molar-refractivity contribution < 1.29 is 8.60 Å². The molecule has 1 unspecified atom stereocenters. The monoisotopic (exact) mass is 297 g/mol. The molecule has 1 atom stereocenters. The molecule has 0 saturated heterocycles. The summed E-state index contributed by atoms with van der Waals surface area (Å²) in [5.41, 5.74) is 7.75. The molecule has 0 fully saturated rings. The van der Waals surface area contributed by atoms with Crippen LogP contribution in [-0.2, 0) is 16.6 Å². The highest BCUT2D eigenvalue weighted by Gasteiger charge is 2.11. The van der Waals surface area contributed by atoms with Crippen molar-refractivity contribution in [3.8, 4) is 0 Å². The van der Waals surface area contributed by atoms with Gasteiger partial charge < -0.3 is 5.73 Å². The van der Waals surface area contributed by atoms with E-state index in [-0.39, 0.29) is 5.82 Å². The Bertz CT molecular complexity index is 645. The van der Waals surface area contributed by atoms with Gasteiger partial charge in [-0.05, 0) is 48.4 Å². The van der Waals surface area contributed by atoms with Crippen LogP contribution >= 0.6 is 11.6 Å². The van der Waals surface area contributed by atoms with E-state index in [1.807, 2.05) is 0 Å². The zero-order chi connectivity index (χ0) is 14.0. The highest BCUT2D eigenvalue weighted by Crippen LogP contribution is 2.25. The van der Waals surface area contributed by atoms with Crippen molar-refractivity contribution >= 4 is 28.1 Å². The summed E-state index contributed by atoms with van der Waals surface area (Å²) in [5, 5.41) is 0.387. The molecule has 0 heterocycles. The van der Waals surface area contributed by atoms with Crippen LogP contribution in [0.15, 0.2) is 41.3 Å². The second-order valence-electron chi connectivity index (χ2n) is 4.25. The van der Waals surface area contributed by atoms with E-state index in [1.54, 1.807) is 31.2 Å². The minimum atomic E-state index is -1.28. The molecule has 0 spiro atoms. The van der Waals surface area contributed by atoms with Crippen LogP contribution in [0, 0.1) is 12.7 Å². The number of nitrogen functional groups attached to an aromatic ring is 1. The zero-order valence-electron chi connectivity index (χ0n) is 10.3. The molecule has 0 amide bonds. The van der Waals surface area contributed by atoms with Gasteiger partial charge in [-0.25, -0.2) is 4.39 Å². The molecule has 2 aromatic carbocycles. The predicted octanol–water partition coefficient (Wildman–Crippen LogP) is 3.68. The van der Waals surface area contributed by atoms with Crippen molar-refractivity contribution in [1.82, 2.24) is 0 Å². The second-order valence-corrected chi connectivity index (χ2v) is 6.08. The zero-order valence-corrected chi connectivity index (χ0v) is 11.9. The lowest BCUT2D eigenvalue weighted by Crippen LogP contribution is -2.00. The summed E-state index contributed by atoms with van der Waals surface area (Å²) >= 11 is 6.02. The highest BCUT2D eigenvalue weighted by atomic mass is 35.5. The summed E-state index contributed by atoms with van der Waals surface area (Å²) in [4.78, 5) is 0.541. The predicted molar refractivity (Wildman–Crippen MR) is 77.1 cm³/mol. The topological polar surface area (TPSA) is 43.1 Å². The molecule has 0 aliphatic rings. The maximum absolute atomic E-state index is 13.0. The molecule has 2 rings (SSSR count). The largest absolute Gasteiger partial charge is 0.399 e. The molecule has 2 N–H and O–H groups in total. The summed E-state index contributed by atoms with van der Waals surface area (Å²) in [7, 11) is -1.28. The Balaban J connectivity index is 2.25. The van der Waals surface area contributed by atoms with Crippen LogP contribution in [0.25, 0.3) is 0 Å². The van der Waals surface area contributed by atoms with Crippen LogP contribution in [-0.4, -0.2) is 4.21 Å². The molecule has 0 radical (unpaired) electrons. The summed E-state index contributed by atoms with van der Waals surface area (Å²) < 4.78 is 25.3. The van der Waals surface area contributed by atoms with E-state index in [4.69, 9.17) is 17.3 Å². The minimum Gasteiger partial charge on any atom is -0.399 e. The summed E-state index contributed by atoms with van der Waals surface area (Å²) in [6.45, 7) is 1.79. The van der Waals surface area contributed by atoms with Gasteiger partial charge in [0, 0.05) is 5.69 Å². The van der Waals surface area contributed by atoms with Crippen LogP contribution in [0.5, 0.6) is 0 Å². The Hall–Kier alpha value is -1.39. The Morgan fingerprint density at radius 2 is 2.00 bits per heavy atom. The summed E-state index contributed by atoms with van der Waals surface area (Å²) in [6, 6.07) is 9.34. The van der Waals surface area contributed by atoms with E-state index in [2.05, 4.69) is 0 Å². The Morgan fingerprint density at radius 3 is 2.63 bits per heavy atom. The van der Waals surface area contributed by atoms with E-state index in [1.165, 1.54) is 12.1 Å². The van der Waals surface area contributed by atoms with E-state index in [9.17, 15) is 8.60 Å². The molecule has 19 heavy (non-hydrogen) atoms. The summed E-state index contributed by atoms with van der Waals surface area (Å²) in [6.07, 6.45) is 0. The van der Waals surface area contributed by atoms with Gasteiger partial charge in [-0.1, -0.05) is 17.7 Å². The first-order chi connectivity index (χ1) is 8.97. The summed E-state index contributed by atoms with van der Waals surface area (Å²) in [5.74, 6) is 0.00740. The Labute approximate surface area is 118 Å². The first kappa shape index (κ1) is 14.0. The smallest absolute Gasteiger partial charge is 0.123 e. The normalized spacial score (nSPS) is 12.4. The van der Waals surface area contributed by atoms with Gasteiger partial charge in [-0.15, -0.1) is 0 Å². The molecule has 100 valence electrons. The van der Waals surface area contributed by atoms with Crippen molar-refractivity contribution in [2.45, 2.75) is 17.6 Å². The highest BCUT2D eigenvalue weighted by molar-refractivity contribution is 7.84. The number of anilines is 1.